The van der Waals surface area contributed by atoms with Crippen molar-refractivity contribution < 1.29 is 14.3 Å². The Morgan fingerprint density at radius 3 is 2.81 bits per heavy atom. The van der Waals surface area contributed by atoms with Gasteiger partial charge in [0.1, 0.15) is 5.01 Å². The maximum absolute atomic E-state index is 12.7. The molecule has 0 aliphatic rings. The average Bonchev–Trinajstić information content (AvgIpc) is 3.40. The van der Waals surface area contributed by atoms with Gasteiger partial charge in [0.05, 0.1) is 4.88 Å². The fourth-order valence-corrected chi connectivity index (χ4v) is 4.25. The van der Waals surface area contributed by atoms with Gasteiger partial charge in [-0.2, -0.15) is 0 Å². The number of hydrogen-bond donors (Lipinski definition) is 1. The zero-order valence-corrected chi connectivity index (χ0v) is 15.4. The SMILES string of the molecule is C[C@@H](OC(=O)c1csc(-c2cccs2)n1)C(=O)c1c[nH]c2ccccc12. The predicted molar refractivity (Wildman–Crippen MR) is 103 cm³/mol. The number of aromatic amines is 1. The summed E-state index contributed by atoms with van der Waals surface area (Å²) in [6.45, 7) is 1.58. The quantitative estimate of drug-likeness (QED) is 0.398. The van der Waals surface area contributed by atoms with Crippen molar-refractivity contribution in [3.8, 4) is 9.88 Å². The van der Waals surface area contributed by atoms with Crippen molar-refractivity contribution in [2.45, 2.75) is 13.0 Å². The Morgan fingerprint density at radius 1 is 1.15 bits per heavy atom. The molecule has 3 heterocycles. The topological polar surface area (TPSA) is 72.0 Å². The number of carbonyl (C=O) groups is 2. The van der Waals surface area contributed by atoms with E-state index >= 15 is 0 Å². The van der Waals surface area contributed by atoms with Gasteiger partial charge in [-0.3, -0.25) is 4.79 Å². The highest BCUT2D eigenvalue weighted by molar-refractivity contribution is 7.20. The van der Waals surface area contributed by atoms with E-state index in [1.165, 1.54) is 11.3 Å². The molecule has 0 radical (unpaired) electrons. The summed E-state index contributed by atoms with van der Waals surface area (Å²) in [4.78, 5) is 33.4. The molecule has 0 bridgehead atoms. The van der Waals surface area contributed by atoms with Crippen molar-refractivity contribution in [1.29, 1.82) is 0 Å². The first-order chi connectivity index (χ1) is 12.6. The van der Waals surface area contributed by atoms with Gasteiger partial charge in [0.15, 0.2) is 11.8 Å². The first kappa shape index (κ1) is 16.7. The van der Waals surface area contributed by atoms with Crippen molar-refractivity contribution in [1.82, 2.24) is 9.97 Å². The van der Waals surface area contributed by atoms with E-state index in [1.54, 1.807) is 29.8 Å². The number of H-pyrrole nitrogens is 1. The van der Waals surface area contributed by atoms with Crippen LogP contribution in [-0.2, 0) is 4.74 Å². The van der Waals surface area contributed by atoms with E-state index in [4.69, 9.17) is 4.74 Å². The number of para-hydroxylation sites is 1. The van der Waals surface area contributed by atoms with Crippen molar-refractivity contribution in [3.05, 3.63) is 64.6 Å². The minimum Gasteiger partial charge on any atom is -0.450 e. The van der Waals surface area contributed by atoms with Crippen LogP contribution in [0, 0.1) is 0 Å². The lowest BCUT2D eigenvalue weighted by Gasteiger charge is -2.10. The van der Waals surface area contributed by atoms with Crippen LogP contribution in [0.2, 0.25) is 0 Å². The van der Waals surface area contributed by atoms with E-state index in [1.807, 2.05) is 41.8 Å². The molecule has 1 aromatic carbocycles. The summed E-state index contributed by atoms with van der Waals surface area (Å²) >= 11 is 2.94. The molecule has 0 aliphatic carbocycles. The van der Waals surface area contributed by atoms with Crippen LogP contribution in [0.15, 0.2) is 53.4 Å². The van der Waals surface area contributed by atoms with E-state index in [2.05, 4.69) is 9.97 Å². The highest BCUT2D eigenvalue weighted by Crippen LogP contribution is 2.28. The molecule has 0 saturated carbocycles. The van der Waals surface area contributed by atoms with Gasteiger partial charge in [-0.1, -0.05) is 24.3 Å². The number of Topliss-reactive ketones (excluding diaryl/α,β-unsaturated/α-hetero) is 1. The van der Waals surface area contributed by atoms with Gasteiger partial charge in [-0.05, 0) is 24.4 Å². The molecule has 4 aromatic rings. The third-order valence-electron chi connectivity index (χ3n) is 3.95. The predicted octanol–water partition coefficient (Wildman–Crippen LogP) is 4.78. The van der Waals surface area contributed by atoms with Gasteiger partial charge in [-0.15, -0.1) is 22.7 Å². The summed E-state index contributed by atoms with van der Waals surface area (Å²) < 4.78 is 5.35. The highest BCUT2D eigenvalue weighted by Gasteiger charge is 2.24. The second-order valence-electron chi connectivity index (χ2n) is 5.67. The Kier molecular flexibility index (Phi) is 4.40. The van der Waals surface area contributed by atoms with Crippen LogP contribution in [-0.4, -0.2) is 27.8 Å². The lowest BCUT2D eigenvalue weighted by molar-refractivity contribution is 0.0314. The number of aromatic nitrogens is 2. The Labute approximate surface area is 157 Å². The molecule has 4 rings (SSSR count). The number of fused-ring (bicyclic) bond motifs is 1. The van der Waals surface area contributed by atoms with E-state index in [9.17, 15) is 9.59 Å². The number of benzene rings is 1. The van der Waals surface area contributed by atoms with Crippen LogP contribution in [0.1, 0.15) is 27.8 Å². The number of rotatable bonds is 5. The summed E-state index contributed by atoms with van der Waals surface area (Å²) in [6.07, 6.45) is 0.753. The minimum absolute atomic E-state index is 0.219. The van der Waals surface area contributed by atoms with Crippen LogP contribution in [0.5, 0.6) is 0 Å². The summed E-state index contributed by atoms with van der Waals surface area (Å²) in [5.74, 6) is -0.839. The van der Waals surface area contributed by atoms with Gasteiger partial charge in [0, 0.05) is 28.0 Å². The van der Waals surface area contributed by atoms with Gasteiger partial charge in [0.2, 0.25) is 5.78 Å². The van der Waals surface area contributed by atoms with Gasteiger partial charge >= 0.3 is 5.97 Å². The number of nitrogens with zero attached hydrogens (tertiary/aromatic N) is 1. The number of esters is 1. The summed E-state index contributed by atoms with van der Waals surface area (Å²) in [6, 6.07) is 11.4. The highest BCUT2D eigenvalue weighted by atomic mass is 32.1. The second-order valence-corrected chi connectivity index (χ2v) is 7.48. The lowest BCUT2D eigenvalue weighted by atomic mass is 10.1. The molecule has 3 aromatic heterocycles. The van der Waals surface area contributed by atoms with Crippen molar-refractivity contribution in [2.75, 3.05) is 0 Å². The number of ether oxygens (including phenoxy) is 1. The van der Waals surface area contributed by atoms with Gasteiger partial charge in [0.25, 0.3) is 0 Å². The third kappa shape index (κ3) is 3.07. The minimum atomic E-state index is -0.895. The number of ketones is 1. The van der Waals surface area contributed by atoms with Crippen LogP contribution in [0.4, 0.5) is 0 Å². The molecular formula is C19H14N2O3S2. The molecule has 0 spiro atoms. The zero-order chi connectivity index (χ0) is 18.1. The molecule has 0 unspecified atom stereocenters. The van der Waals surface area contributed by atoms with Crippen molar-refractivity contribution in [3.63, 3.8) is 0 Å². The van der Waals surface area contributed by atoms with E-state index in [0.717, 1.165) is 20.8 Å². The summed E-state index contributed by atoms with van der Waals surface area (Å²) in [5.41, 5.74) is 1.60. The Hall–Kier alpha value is -2.77. The van der Waals surface area contributed by atoms with E-state index in [0.29, 0.717) is 5.56 Å². The molecule has 0 fully saturated rings. The first-order valence-corrected chi connectivity index (χ1v) is 9.70. The number of hydrogen-bond acceptors (Lipinski definition) is 6. The zero-order valence-electron chi connectivity index (χ0n) is 13.8. The molecule has 7 heteroatoms. The molecule has 5 nitrogen and oxygen atoms in total. The molecular weight excluding hydrogens is 368 g/mol. The first-order valence-electron chi connectivity index (χ1n) is 7.94. The number of carbonyl (C=O) groups excluding carboxylic acids is 2. The Balaban J connectivity index is 1.50. The summed E-state index contributed by atoms with van der Waals surface area (Å²) in [5, 5.41) is 5.19. The smallest absolute Gasteiger partial charge is 0.358 e. The largest absolute Gasteiger partial charge is 0.450 e. The van der Waals surface area contributed by atoms with Crippen LogP contribution in [0.25, 0.3) is 20.8 Å². The van der Waals surface area contributed by atoms with E-state index < -0.39 is 12.1 Å². The lowest BCUT2D eigenvalue weighted by Crippen LogP contribution is -2.24. The van der Waals surface area contributed by atoms with E-state index in [-0.39, 0.29) is 11.5 Å². The fraction of sp³-hybridized carbons (Fsp3) is 0.105. The molecule has 130 valence electrons. The molecule has 0 amide bonds. The number of thiophene rings is 1. The van der Waals surface area contributed by atoms with Gasteiger partial charge < -0.3 is 9.72 Å². The molecule has 0 saturated heterocycles. The normalized spacial score (nSPS) is 12.2. The third-order valence-corrected chi connectivity index (χ3v) is 5.83. The maximum atomic E-state index is 12.7. The Morgan fingerprint density at radius 2 is 2.00 bits per heavy atom. The molecule has 26 heavy (non-hydrogen) atoms. The monoisotopic (exact) mass is 382 g/mol. The summed E-state index contributed by atoms with van der Waals surface area (Å²) in [7, 11) is 0. The van der Waals surface area contributed by atoms with Crippen LogP contribution < -0.4 is 0 Å². The Bertz CT molecular complexity index is 1080. The van der Waals surface area contributed by atoms with Crippen molar-refractivity contribution >= 4 is 45.3 Å². The molecule has 1 N–H and O–H groups in total. The van der Waals surface area contributed by atoms with Gasteiger partial charge in [-0.25, -0.2) is 9.78 Å². The van der Waals surface area contributed by atoms with Crippen molar-refractivity contribution in [2.24, 2.45) is 0 Å². The fourth-order valence-electron chi connectivity index (χ4n) is 2.65. The number of thiazole rings is 1. The maximum Gasteiger partial charge on any atom is 0.358 e. The average molecular weight is 382 g/mol. The standard InChI is InChI=1S/C19H14N2O3S2/c1-11(17(22)13-9-20-14-6-3-2-5-12(13)14)24-19(23)15-10-26-18(21-15)16-7-4-8-25-16/h2-11,20H,1H3/t11-/m1/s1. The molecule has 0 aliphatic heterocycles. The van der Waals surface area contributed by atoms with Crippen LogP contribution >= 0.6 is 22.7 Å². The second kappa shape index (κ2) is 6.86. The van der Waals surface area contributed by atoms with Crippen LogP contribution in [0.3, 0.4) is 0 Å². The molecule has 1 atom stereocenters. The number of nitrogens with one attached hydrogen (secondary N) is 1.